The van der Waals surface area contributed by atoms with Crippen LogP contribution in [0.1, 0.15) is 13.8 Å². The molecule has 2 rings (SSSR count). The van der Waals surface area contributed by atoms with Gasteiger partial charge >= 0.3 is 0 Å². The molecule has 2 aliphatic rings. The van der Waals surface area contributed by atoms with Crippen LogP contribution in [0.15, 0.2) is 33.4 Å². The van der Waals surface area contributed by atoms with E-state index in [1.54, 1.807) is 11.9 Å². The SMILES string of the molecule is C[NH+]1C=C(C2=NC=CC(C)(C)N=C2)SN1. The van der Waals surface area contributed by atoms with Crippen LogP contribution in [0.4, 0.5) is 0 Å². The van der Waals surface area contributed by atoms with E-state index in [1.165, 1.54) is 0 Å². The number of rotatable bonds is 1. The van der Waals surface area contributed by atoms with E-state index in [0.717, 1.165) is 15.6 Å². The van der Waals surface area contributed by atoms with Crippen molar-refractivity contribution in [3.8, 4) is 0 Å². The molecule has 2 heterocycles. The summed E-state index contributed by atoms with van der Waals surface area (Å²) in [7, 11) is 2.04. The van der Waals surface area contributed by atoms with Gasteiger partial charge in [0, 0.05) is 24.4 Å². The van der Waals surface area contributed by atoms with Gasteiger partial charge in [-0.2, -0.15) is 0 Å². The van der Waals surface area contributed by atoms with Gasteiger partial charge in [-0.15, -0.1) is 4.83 Å². The van der Waals surface area contributed by atoms with Gasteiger partial charge in [0.2, 0.25) is 0 Å². The Balaban J connectivity index is 2.22. The molecule has 5 heteroatoms. The fourth-order valence-corrected chi connectivity index (χ4v) is 2.02. The monoisotopic (exact) mass is 223 g/mol. The second-order valence-corrected chi connectivity index (χ2v) is 4.99. The largest absolute Gasteiger partial charge is 0.281 e. The first kappa shape index (κ1) is 10.6. The van der Waals surface area contributed by atoms with Gasteiger partial charge in [-0.1, -0.05) is 0 Å². The summed E-state index contributed by atoms with van der Waals surface area (Å²) in [5.74, 6) is 0. The second-order valence-electron chi connectivity index (χ2n) is 4.14. The minimum atomic E-state index is -0.152. The molecule has 0 amide bonds. The van der Waals surface area contributed by atoms with Crippen LogP contribution in [-0.2, 0) is 0 Å². The molecule has 2 N–H and O–H groups in total. The first-order chi connectivity index (χ1) is 7.07. The van der Waals surface area contributed by atoms with E-state index in [4.69, 9.17) is 0 Å². The first-order valence-corrected chi connectivity index (χ1v) is 5.68. The van der Waals surface area contributed by atoms with Gasteiger partial charge in [-0.05, 0) is 19.9 Å². The molecule has 0 aromatic carbocycles. The maximum Gasteiger partial charge on any atom is 0.132 e. The molecule has 2 aliphatic heterocycles. The van der Waals surface area contributed by atoms with E-state index in [9.17, 15) is 0 Å². The van der Waals surface area contributed by atoms with Crippen LogP contribution in [0, 0.1) is 0 Å². The molecule has 0 radical (unpaired) electrons. The van der Waals surface area contributed by atoms with Crippen molar-refractivity contribution in [1.82, 2.24) is 4.83 Å². The van der Waals surface area contributed by atoms with Crippen LogP contribution < -0.4 is 9.84 Å². The lowest BCUT2D eigenvalue weighted by atomic mass is 10.1. The third-order valence-electron chi connectivity index (χ3n) is 2.14. The summed E-state index contributed by atoms with van der Waals surface area (Å²) in [6.07, 6.45) is 7.76. The van der Waals surface area contributed by atoms with E-state index in [0.29, 0.717) is 0 Å². The van der Waals surface area contributed by atoms with Gasteiger partial charge in [0.25, 0.3) is 0 Å². The lowest BCUT2D eigenvalue weighted by Crippen LogP contribution is -3.08. The Kier molecular flexibility index (Phi) is 2.77. The number of nitrogens with zero attached hydrogens (tertiary/aromatic N) is 2. The quantitative estimate of drug-likeness (QED) is 0.629. The van der Waals surface area contributed by atoms with Crippen molar-refractivity contribution in [1.29, 1.82) is 0 Å². The van der Waals surface area contributed by atoms with E-state index < -0.39 is 0 Å². The fraction of sp³-hybridized carbons (Fsp3) is 0.400. The lowest BCUT2D eigenvalue weighted by molar-refractivity contribution is -0.853. The van der Waals surface area contributed by atoms with Crippen molar-refractivity contribution in [3.63, 3.8) is 0 Å². The van der Waals surface area contributed by atoms with Crippen molar-refractivity contribution in [2.45, 2.75) is 19.4 Å². The Morgan fingerprint density at radius 2 is 2.27 bits per heavy atom. The average Bonchev–Trinajstić information content (AvgIpc) is 2.49. The predicted molar refractivity (Wildman–Crippen MR) is 64.8 cm³/mol. The zero-order valence-corrected chi connectivity index (χ0v) is 9.93. The highest BCUT2D eigenvalue weighted by Crippen LogP contribution is 2.18. The maximum absolute atomic E-state index is 4.47. The summed E-state index contributed by atoms with van der Waals surface area (Å²) in [4.78, 5) is 13.2. The van der Waals surface area contributed by atoms with E-state index in [-0.39, 0.29) is 5.54 Å². The van der Waals surface area contributed by atoms with E-state index in [2.05, 4.69) is 34.9 Å². The smallest absolute Gasteiger partial charge is 0.132 e. The predicted octanol–water partition coefficient (Wildman–Crippen LogP) is 0.327. The molecule has 0 saturated carbocycles. The van der Waals surface area contributed by atoms with Crippen LogP contribution in [-0.4, -0.2) is 24.5 Å². The molecule has 0 aromatic heterocycles. The highest BCUT2D eigenvalue weighted by molar-refractivity contribution is 8.02. The normalized spacial score (nSPS) is 28.6. The number of allylic oxidation sites excluding steroid dienone is 1. The van der Waals surface area contributed by atoms with Crippen molar-refractivity contribution < 1.29 is 5.01 Å². The second kappa shape index (κ2) is 3.92. The minimum absolute atomic E-state index is 0.152. The van der Waals surface area contributed by atoms with Gasteiger partial charge in [0.05, 0.1) is 12.6 Å². The van der Waals surface area contributed by atoms with Crippen LogP contribution in [0.5, 0.6) is 0 Å². The third kappa shape index (κ3) is 2.56. The Morgan fingerprint density at radius 1 is 1.47 bits per heavy atom. The molecule has 0 bridgehead atoms. The molecular formula is C10H15N4S+. The summed E-state index contributed by atoms with van der Waals surface area (Å²) in [6.45, 7) is 4.12. The summed E-state index contributed by atoms with van der Waals surface area (Å²) in [5, 5.41) is 1.15. The highest BCUT2D eigenvalue weighted by Gasteiger charge is 2.20. The third-order valence-corrected chi connectivity index (χ3v) is 3.11. The van der Waals surface area contributed by atoms with Crippen molar-refractivity contribution in [2.24, 2.45) is 9.98 Å². The van der Waals surface area contributed by atoms with Gasteiger partial charge in [0.15, 0.2) is 0 Å². The van der Waals surface area contributed by atoms with Crippen LogP contribution >= 0.6 is 11.9 Å². The van der Waals surface area contributed by atoms with Crippen molar-refractivity contribution in [2.75, 3.05) is 7.05 Å². The maximum atomic E-state index is 4.47. The topological polar surface area (TPSA) is 41.2 Å². The Morgan fingerprint density at radius 3 is 2.93 bits per heavy atom. The van der Waals surface area contributed by atoms with Crippen LogP contribution in [0.2, 0.25) is 0 Å². The Labute approximate surface area is 94.0 Å². The molecule has 0 aromatic rings. The number of hydrogen-bond acceptors (Lipinski definition) is 4. The summed E-state index contributed by atoms with van der Waals surface area (Å²) in [6, 6.07) is 0. The molecular weight excluding hydrogens is 208 g/mol. The average molecular weight is 223 g/mol. The van der Waals surface area contributed by atoms with E-state index >= 15 is 0 Å². The highest BCUT2D eigenvalue weighted by atomic mass is 32.2. The van der Waals surface area contributed by atoms with E-state index in [1.807, 2.05) is 25.5 Å². The first-order valence-electron chi connectivity index (χ1n) is 4.86. The Bertz CT molecular complexity index is 379. The molecule has 0 aliphatic carbocycles. The molecule has 4 nitrogen and oxygen atoms in total. The standard InChI is InChI=1S/C10H14N4S/c1-10(2)4-5-11-8(6-12-10)9-7-14(3)13-15-9/h4-7,13H,1-3H3/p+1. The zero-order chi connectivity index (χ0) is 10.9. The number of nitrogens with one attached hydrogen (secondary N) is 2. The van der Waals surface area contributed by atoms with Crippen molar-refractivity contribution >= 4 is 23.9 Å². The van der Waals surface area contributed by atoms with Gasteiger partial charge in [-0.25, -0.2) is 5.01 Å². The summed E-state index contributed by atoms with van der Waals surface area (Å²) >= 11 is 1.58. The summed E-state index contributed by atoms with van der Waals surface area (Å²) < 4.78 is 0. The van der Waals surface area contributed by atoms with Crippen LogP contribution in [0.3, 0.4) is 0 Å². The van der Waals surface area contributed by atoms with Gasteiger partial charge in [-0.3, -0.25) is 9.98 Å². The molecule has 80 valence electrons. The van der Waals surface area contributed by atoms with Gasteiger partial charge in [0.1, 0.15) is 16.8 Å². The molecule has 1 unspecified atom stereocenters. The van der Waals surface area contributed by atoms with Crippen LogP contribution in [0.25, 0.3) is 0 Å². The number of aliphatic imine (C=N–C) groups is 2. The number of hydrogen-bond donors (Lipinski definition) is 2. The fourth-order valence-electron chi connectivity index (χ4n) is 1.25. The van der Waals surface area contributed by atoms with Gasteiger partial charge < -0.3 is 0 Å². The van der Waals surface area contributed by atoms with Crippen molar-refractivity contribution in [3.05, 3.63) is 23.4 Å². The lowest BCUT2D eigenvalue weighted by Gasteiger charge is -2.11. The minimum Gasteiger partial charge on any atom is -0.281 e. The number of quaternary nitrogens is 1. The molecule has 0 saturated heterocycles. The molecule has 1 atom stereocenters. The molecule has 15 heavy (non-hydrogen) atoms. The zero-order valence-electron chi connectivity index (χ0n) is 9.11. The molecule has 0 fully saturated rings. The molecule has 0 spiro atoms. The Hall–Kier alpha value is -0.910. The summed E-state index contributed by atoms with van der Waals surface area (Å²) in [5.41, 5.74) is 0.771.